The minimum Gasteiger partial charge on any atom is -0.489 e. The third kappa shape index (κ3) is 3.88. The topological polar surface area (TPSA) is 86.2 Å². The van der Waals surface area contributed by atoms with E-state index in [0.717, 1.165) is 5.56 Å². The third-order valence-corrected chi connectivity index (χ3v) is 3.37. The van der Waals surface area contributed by atoms with Crippen LogP contribution in [-0.2, 0) is 6.54 Å². The molecule has 3 N–H and O–H groups in total. The number of oxazole rings is 1. The van der Waals surface area contributed by atoms with Crippen molar-refractivity contribution in [2.45, 2.75) is 6.54 Å². The zero-order chi connectivity index (χ0) is 16.8. The maximum absolute atomic E-state index is 12.5. The summed E-state index contributed by atoms with van der Waals surface area (Å²) in [7, 11) is 0. The highest BCUT2D eigenvalue weighted by Crippen LogP contribution is 2.24. The molecule has 0 bridgehead atoms. The molecule has 0 amide bonds. The Morgan fingerprint density at radius 1 is 1.38 bits per heavy atom. The lowest BCUT2D eigenvalue weighted by Gasteiger charge is -2.06. The molecule has 7 heteroatoms. The quantitative estimate of drug-likeness (QED) is 0.693. The van der Waals surface area contributed by atoms with Gasteiger partial charge in [-0.2, -0.15) is 4.98 Å². The highest BCUT2D eigenvalue weighted by molar-refractivity contribution is 5.76. The van der Waals surface area contributed by atoms with E-state index in [1.165, 1.54) is 0 Å². The van der Waals surface area contributed by atoms with Crippen LogP contribution in [0.5, 0.6) is 5.75 Å². The lowest BCUT2D eigenvalue weighted by Crippen LogP contribution is -2.10. The number of anilines is 1. The van der Waals surface area contributed by atoms with Crippen LogP contribution in [0.4, 0.5) is 10.4 Å². The predicted molar refractivity (Wildman–Crippen MR) is 89.3 cm³/mol. The van der Waals surface area contributed by atoms with Crippen LogP contribution in [0.15, 0.2) is 59.0 Å². The second-order valence-corrected chi connectivity index (χ2v) is 5.12. The van der Waals surface area contributed by atoms with Gasteiger partial charge >= 0.3 is 0 Å². The Morgan fingerprint density at radius 3 is 3.04 bits per heavy atom. The number of benzene rings is 1. The number of rotatable bonds is 7. The van der Waals surface area contributed by atoms with Gasteiger partial charge in [-0.25, -0.2) is 4.39 Å². The van der Waals surface area contributed by atoms with Gasteiger partial charge in [0.1, 0.15) is 17.9 Å². The number of hydrogen-bond donors (Lipinski definition) is 2. The second-order valence-electron chi connectivity index (χ2n) is 5.12. The van der Waals surface area contributed by atoms with Crippen LogP contribution in [0.1, 0.15) is 5.56 Å². The van der Waals surface area contributed by atoms with Gasteiger partial charge in [0.05, 0.1) is 6.33 Å². The lowest BCUT2D eigenvalue weighted by molar-refractivity contribution is 0.347. The zero-order valence-electron chi connectivity index (χ0n) is 12.9. The summed E-state index contributed by atoms with van der Waals surface area (Å²) in [6, 6.07) is 9.49. The maximum atomic E-state index is 12.5. The Bertz CT molecular complexity index is 833. The molecule has 0 fully saturated rings. The van der Waals surface area contributed by atoms with Crippen molar-refractivity contribution in [2.24, 2.45) is 5.73 Å². The van der Waals surface area contributed by atoms with E-state index < -0.39 is 0 Å². The molecule has 0 radical (unpaired) electrons. The molecular weight excluding hydrogens is 311 g/mol. The molecule has 1 aromatic carbocycles. The van der Waals surface area contributed by atoms with Gasteiger partial charge in [0, 0.05) is 37.1 Å². The van der Waals surface area contributed by atoms with Gasteiger partial charge in [0.15, 0.2) is 5.58 Å². The van der Waals surface area contributed by atoms with Crippen LogP contribution in [-0.4, -0.2) is 23.1 Å². The van der Waals surface area contributed by atoms with E-state index in [4.69, 9.17) is 14.9 Å². The first-order chi connectivity index (χ1) is 11.8. The van der Waals surface area contributed by atoms with Crippen molar-refractivity contribution in [3.8, 4) is 5.75 Å². The molecule has 2 aromatic heterocycles. The van der Waals surface area contributed by atoms with E-state index in [2.05, 4.69) is 15.3 Å². The number of aromatic nitrogens is 2. The second kappa shape index (κ2) is 7.56. The smallest absolute Gasteiger partial charge is 0.295 e. The Morgan fingerprint density at radius 2 is 2.29 bits per heavy atom. The number of nitrogens with two attached hydrogens (primary N) is 1. The number of fused-ring (bicyclic) bond motifs is 1. The molecule has 2 heterocycles. The average Bonchev–Trinajstić information content (AvgIpc) is 3.04. The molecule has 0 saturated carbocycles. The van der Waals surface area contributed by atoms with E-state index in [9.17, 15) is 4.39 Å². The Kier molecular flexibility index (Phi) is 5.02. The maximum Gasteiger partial charge on any atom is 0.295 e. The largest absolute Gasteiger partial charge is 0.489 e. The van der Waals surface area contributed by atoms with E-state index in [-0.39, 0.29) is 13.2 Å². The molecule has 0 unspecified atom stereocenters. The van der Waals surface area contributed by atoms with Gasteiger partial charge < -0.3 is 20.2 Å². The van der Waals surface area contributed by atoms with E-state index in [0.29, 0.717) is 41.3 Å². The van der Waals surface area contributed by atoms with Crippen LogP contribution < -0.4 is 15.8 Å². The van der Waals surface area contributed by atoms with Crippen LogP contribution in [0, 0.1) is 0 Å². The molecule has 6 nitrogen and oxygen atoms in total. The molecule has 0 aliphatic rings. The molecular formula is C17H17FN4O2. The van der Waals surface area contributed by atoms with Gasteiger partial charge in [-0.15, -0.1) is 0 Å². The summed E-state index contributed by atoms with van der Waals surface area (Å²) in [4.78, 5) is 8.40. The molecule has 3 aromatic rings. The first kappa shape index (κ1) is 15.9. The number of nitrogens with one attached hydrogen (secondary N) is 1. The highest BCUT2D eigenvalue weighted by atomic mass is 19.1. The van der Waals surface area contributed by atoms with E-state index >= 15 is 0 Å². The minimum absolute atomic E-state index is 0.0960. The SMILES string of the molecule is NCC(=CF)COc1ccc2nc(NCc3cccnc3)oc2c1. The number of nitrogens with zero attached hydrogens (tertiary/aromatic N) is 2. The molecule has 24 heavy (non-hydrogen) atoms. The van der Waals surface area contributed by atoms with Gasteiger partial charge in [-0.3, -0.25) is 4.98 Å². The first-order valence-electron chi connectivity index (χ1n) is 7.43. The summed E-state index contributed by atoms with van der Waals surface area (Å²) in [5.74, 6) is 0.560. The molecule has 3 rings (SSSR count). The number of ether oxygens (including phenoxy) is 1. The Hall–Kier alpha value is -2.93. The molecule has 0 spiro atoms. The standard InChI is InChI=1S/C17H17FN4O2/c18-7-13(8-19)11-23-14-3-4-15-16(6-14)24-17(22-15)21-10-12-2-1-5-20-9-12/h1-7,9H,8,10-11,19H2,(H,21,22). The fraction of sp³-hybridized carbons (Fsp3) is 0.176. The van der Waals surface area contributed by atoms with Crippen molar-refractivity contribution in [1.29, 1.82) is 0 Å². The summed E-state index contributed by atoms with van der Waals surface area (Å²) in [6.07, 6.45) is 3.96. The van der Waals surface area contributed by atoms with Crippen molar-refractivity contribution in [2.75, 3.05) is 18.5 Å². The summed E-state index contributed by atoms with van der Waals surface area (Å²) in [5.41, 5.74) is 8.09. The van der Waals surface area contributed by atoms with Crippen molar-refractivity contribution < 1.29 is 13.5 Å². The van der Waals surface area contributed by atoms with Crippen molar-refractivity contribution >= 4 is 17.1 Å². The average molecular weight is 328 g/mol. The predicted octanol–water partition coefficient (Wildman–Crippen LogP) is 3.03. The van der Waals surface area contributed by atoms with Crippen LogP contribution >= 0.6 is 0 Å². The number of pyridine rings is 1. The fourth-order valence-electron chi connectivity index (χ4n) is 2.06. The Balaban J connectivity index is 1.67. The monoisotopic (exact) mass is 328 g/mol. The summed E-state index contributed by atoms with van der Waals surface area (Å²) in [6.45, 7) is 0.771. The zero-order valence-corrected chi connectivity index (χ0v) is 12.9. The van der Waals surface area contributed by atoms with Gasteiger partial charge in [0.2, 0.25) is 0 Å². The lowest BCUT2D eigenvalue weighted by atomic mass is 10.3. The van der Waals surface area contributed by atoms with E-state index in [1.54, 1.807) is 30.6 Å². The van der Waals surface area contributed by atoms with Crippen LogP contribution in [0.25, 0.3) is 11.1 Å². The molecule has 0 saturated heterocycles. The first-order valence-corrected chi connectivity index (χ1v) is 7.43. The Labute approximate surface area is 138 Å². The van der Waals surface area contributed by atoms with Crippen LogP contribution in [0.2, 0.25) is 0 Å². The van der Waals surface area contributed by atoms with E-state index in [1.807, 2.05) is 12.1 Å². The molecule has 0 atom stereocenters. The molecule has 124 valence electrons. The third-order valence-electron chi connectivity index (χ3n) is 3.37. The molecule has 0 aliphatic carbocycles. The van der Waals surface area contributed by atoms with Gasteiger partial charge in [-0.05, 0) is 23.8 Å². The summed E-state index contributed by atoms with van der Waals surface area (Å²) in [5, 5.41) is 3.10. The summed E-state index contributed by atoms with van der Waals surface area (Å²) < 4.78 is 23.6. The minimum atomic E-state index is 0.0960. The van der Waals surface area contributed by atoms with Crippen LogP contribution in [0.3, 0.4) is 0 Å². The normalized spacial score (nSPS) is 11.7. The number of halogens is 1. The molecule has 0 aliphatic heterocycles. The fourth-order valence-corrected chi connectivity index (χ4v) is 2.06. The highest BCUT2D eigenvalue weighted by Gasteiger charge is 2.07. The summed E-state index contributed by atoms with van der Waals surface area (Å²) >= 11 is 0. The van der Waals surface area contributed by atoms with Gasteiger partial charge in [0.25, 0.3) is 6.01 Å². The van der Waals surface area contributed by atoms with Crippen molar-refractivity contribution in [3.63, 3.8) is 0 Å². The van der Waals surface area contributed by atoms with Crippen molar-refractivity contribution in [3.05, 3.63) is 60.2 Å². The number of hydrogen-bond acceptors (Lipinski definition) is 6. The van der Waals surface area contributed by atoms with Crippen molar-refractivity contribution in [1.82, 2.24) is 9.97 Å². The van der Waals surface area contributed by atoms with Gasteiger partial charge in [-0.1, -0.05) is 6.07 Å².